The Morgan fingerprint density at radius 2 is 2.10 bits per heavy atom. The number of nitrogens with zero attached hydrogens (tertiary/aromatic N) is 3. The van der Waals surface area contributed by atoms with Crippen molar-refractivity contribution in [3.05, 3.63) is 41.2 Å². The van der Waals surface area contributed by atoms with Crippen molar-refractivity contribution in [3.8, 4) is 0 Å². The van der Waals surface area contributed by atoms with Gasteiger partial charge in [0.15, 0.2) is 5.69 Å². The zero-order valence-electron chi connectivity index (χ0n) is 11.1. The summed E-state index contributed by atoms with van der Waals surface area (Å²) >= 11 is 0. The molecule has 104 valence electrons. The third kappa shape index (κ3) is 3.19. The Morgan fingerprint density at radius 1 is 1.35 bits per heavy atom. The second-order valence-corrected chi connectivity index (χ2v) is 4.47. The first-order valence-electron chi connectivity index (χ1n) is 5.96. The van der Waals surface area contributed by atoms with Gasteiger partial charge in [-0.1, -0.05) is 17.3 Å². The van der Waals surface area contributed by atoms with Gasteiger partial charge in [0.2, 0.25) is 0 Å². The number of carboxylic acids is 1. The highest BCUT2D eigenvalue weighted by molar-refractivity contribution is 6.03. The summed E-state index contributed by atoms with van der Waals surface area (Å²) in [5.41, 5.74) is 2.73. The Labute approximate surface area is 115 Å². The maximum absolute atomic E-state index is 12.0. The molecule has 0 spiro atoms. The number of nitrogens with one attached hydrogen (secondary N) is 1. The Bertz CT molecular complexity index is 663. The van der Waals surface area contributed by atoms with Crippen LogP contribution in [0.25, 0.3) is 0 Å². The number of carbonyl (C=O) groups is 2. The number of hydrogen-bond donors (Lipinski definition) is 2. The fourth-order valence-electron chi connectivity index (χ4n) is 1.68. The lowest BCUT2D eigenvalue weighted by molar-refractivity contribution is -0.137. The predicted octanol–water partition coefficient (Wildman–Crippen LogP) is 1.23. The zero-order valence-corrected chi connectivity index (χ0v) is 11.1. The molecule has 1 heterocycles. The molecule has 7 nitrogen and oxygen atoms in total. The van der Waals surface area contributed by atoms with E-state index in [0.717, 1.165) is 15.8 Å². The van der Waals surface area contributed by atoms with Gasteiger partial charge in [-0.3, -0.25) is 9.59 Å². The molecule has 20 heavy (non-hydrogen) atoms. The molecule has 0 aliphatic carbocycles. The lowest BCUT2D eigenvalue weighted by Gasteiger charge is -2.07. The highest BCUT2D eigenvalue weighted by Gasteiger charge is 2.13. The van der Waals surface area contributed by atoms with Gasteiger partial charge in [-0.15, -0.1) is 5.10 Å². The van der Waals surface area contributed by atoms with E-state index < -0.39 is 11.9 Å². The molecule has 0 fully saturated rings. The third-order valence-corrected chi connectivity index (χ3v) is 2.71. The molecule has 1 aromatic carbocycles. The number of aryl methyl sites for hydroxylation is 2. The van der Waals surface area contributed by atoms with Crippen molar-refractivity contribution >= 4 is 17.6 Å². The minimum atomic E-state index is -1.05. The fraction of sp³-hybridized carbons (Fsp3) is 0.231. The number of hydrogen-bond acceptors (Lipinski definition) is 4. The van der Waals surface area contributed by atoms with Gasteiger partial charge in [0, 0.05) is 5.69 Å². The lowest BCUT2D eigenvalue weighted by Crippen LogP contribution is -2.13. The molecule has 0 atom stereocenters. The maximum atomic E-state index is 12.0. The van der Waals surface area contributed by atoms with Gasteiger partial charge in [0.25, 0.3) is 5.91 Å². The first-order chi connectivity index (χ1) is 9.45. The highest BCUT2D eigenvalue weighted by Crippen LogP contribution is 2.16. The second-order valence-electron chi connectivity index (χ2n) is 4.47. The van der Waals surface area contributed by atoms with E-state index in [-0.39, 0.29) is 12.2 Å². The van der Waals surface area contributed by atoms with Crippen LogP contribution in [-0.4, -0.2) is 32.0 Å². The van der Waals surface area contributed by atoms with Crippen molar-refractivity contribution in [1.82, 2.24) is 15.0 Å². The molecule has 2 aromatic rings. The Kier molecular flexibility index (Phi) is 3.79. The van der Waals surface area contributed by atoms with E-state index in [0.29, 0.717) is 5.69 Å². The van der Waals surface area contributed by atoms with E-state index in [1.165, 1.54) is 6.20 Å². The zero-order chi connectivity index (χ0) is 14.7. The summed E-state index contributed by atoms with van der Waals surface area (Å²) < 4.78 is 1.10. The Hall–Kier alpha value is -2.70. The molecule has 0 unspecified atom stereocenters. The van der Waals surface area contributed by atoms with Gasteiger partial charge in [-0.2, -0.15) is 0 Å². The van der Waals surface area contributed by atoms with Crippen LogP contribution in [-0.2, 0) is 11.3 Å². The molecule has 0 saturated heterocycles. The average Bonchev–Trinajstić information content (AvgIpc) is 2.81. The monoisotopic (exact) mass is 274 g/mol. The number of rotatable bonds is 4. The summed E-state index contributed by atoms with van der Waals surface area (Å²) in [5, 5.41) is 18.6. The van der Waals surface area contributed by atoms with Crippen LogP contribution >= 0.6 is 0 Å². The highest BCUT2D eigenvalue weighted by atomic mass is 16.4. The van der Waals surface area contributed by atoms with Crippen LogP contribution in [0.4, 0.5) is 5.69 Å². The predicted molar refractivity (Wildman–Crippen MR) is 71.5 cm³/mol. The van der Waals surface area contributed by atoms with Gasteiger partial charge in [0.1, 0.15) is 6.54 Å². The molecular weight excluding hydrogens is 260 g/mol. The average molecular weight is 274 g/mol. The standard InChI is InChI=1S/C13H14N4O3/c1-8-3-4-9(2)10(5-8)14-13(20)11-6-17(16-15-11)7-12(18)19/h3-6H,7H2,1-2H3,(H,14,20)(H,18,19). The van der Waals surface area contributed by atoms with Gasteiger partial charge in [-0.05, 0) is 31.0 Å². The molecule has 1 aromatic heterocycles. The minimum Gasteiger partial charge on any atom is -0.480 e. The van der Waals surface area contributed by atoms with Crippen LogP contribution in [0.15, 0.2) is 24.4 Å². The number of amides is 1. The van der Waals surface area contributed by atoms with Crippen molar-refractivity contribution < 1.29 is 14.7 Å². The SMILES string of the molecule is Cc1ccc(C)c(NC(=O)c2cn(CC(=O)O)nn2)c1. The van der Waals surface area contributed by atoms with Gasteiger partial charge in [-0.25, -0.2) is 4.68 Å². The van der Waals surface area contributed by atoms with Crippen LogP contribution in [0.3, 0.4) is 0 Å². The molecule has 0 radical (unpaired) electrons. The normalized spacial score (nSPS) is 10.3. The summed E-state index contributed by atoms with van der Waals surface area (Å²) in [4.78, 5) is 22.5. The number of carbonyl (C=O) groups excluding carboxylic acids is 1. The van der Waals surface area contributed by atoms with Crippen LogP contribution in [0.1, 0.15) is 21.6 Å². The second kappa shape index (κ2) is 5.52. The summed E-state index contributed by atoms with van der Waals surface area (Å²) in [6, 6.07) is 5.72. The van der Waals surface area contributed by atoms with Crippen molar-refractivity contribution in [2.75, 3.05) is 5.32 Å². The molecule has 2 N–H and O–H groups in total. The van der Waals surface area contributed by atoms with Crippen LogP contribution in [0, 0.1) is 13.8 Å². The first kappa shape index (κ1) is 13.7. The topological polar surface area (TPSA) is 97.1 Å². The first-order valence-corrected chi connectivity index (χ1v) is 5.96. The maximum Gasteiger partial charge on any atom is 0.325 e. The fourth-order valence-corrected chi connectivity index (χ4v) is 1.68. The largest absolute Gasteiger partial charge is 0.480 e. The summed E-state index contributed by atoms with van der Waals surface area (Å²) in [6.45, 7) is 3.48. The van der Waals surface area contributed by atoms with E-state index in [1.807, 2.05) is 32.0 Å². The van der Waals surface area contributed by atoms with Crippen LogP contribution in [0.2, 0.25) is 0 Å². The molecule has 0 aliphatic rings. The molecule has 2 rings (SSSR count). The van der Waals surface area contributed by atoms with Crippen molar-refractivity contribution in [2.24, 2.45) is 0 Å². The smallest absolute Gasteiger partial charge is 0.325 e. The Balaban J connectivity index is 2.13. The summed E-state index contributed by atoms with van der Waals surface area (Å²) in [5.74, 6) is -1.47. The summed E-state index contributed by atoms with van der Waals surface area (Å²) in [6.07, 6.45) is 1.30. The van der Waals surface area contributed by atoms with E-state index in [9.17, 15) is 9.59 Å². The quantitative estimate of drug-likeness (QED) is 0.874. The van der Waals surface area contributed by atoms with E-state index in [2.05, 4.69) is 15.6 Å². The van der Waals surface area contributed by atoms with Gasteiger partial charge >= 0.3 is 5.97 Å². The Morgan fingerprint density at radius 3 is 2.80 bits per heavy atom. The van der Waals surface area contributed by atoms with E-state index >= 15 is 0 Å². The number of aliphatic carboxylic acids is 1. The molecule has 7 heteroatoms. The number of anilines is 1. The number of carboxylic acid groups (broad SMARTS) is 1. The van der Waals surface area contributed by atoms with Crippen molar-refractivity contribution in [2.45, 2.75) is 20.4 Å². The van der Waals surface area contributed by atoms with Crippen LogP contribution in [0.5, 0.6) is 0 Å². The third-order valence-electron chi connectivity index (χ3n) is 2.71. The summed E-state index contributed by atoms with van der Waals surface area (Å²) in [7, 11) is 0. The van der Waals surface area contributed by atoms with Gasteiger partial charge in [0.05, 0.1) is 6.20 Å². The van der Waals surface area contributed by atoms with Crippen molar-refractivity contribution in [1.29, 1.82) is 0 Å². The van der Waals surface area contributed by atoms with Crippen molar-refractivity contribution in [3.63, 3.8) is 0 Å². The van der Waals surface area contributed by atoms with E-state index in [4.69, 9.17) is 5.11 Å². The van der Waals surface area contributed by atoms with Gasteiger partial charge < -0.3 is 10.4 Å². The van der Waals surface area contributed by atoms with E-state index in [1.54, 1.807) is 0 Å². The minimum absolute atomic E-state index is 0.0761. The molecule has 0 bridgehead atoms. The molecule has 1 amide bonds. The lowest BCUT2D eigenvalue weighted by atomic mass is 10.1. The molecule has 0 aliphatic heterocycles. The molecular formula is C13H14N4O3. The van der Waals surface area contributed by atoms with Crippen LogP contribution < -0.4 is 5.32 Å². The number of aromatic nitrogens is 3. The molecule has 0 saturated carbocycles. The number of benzene rings is 1.